The predicted octanol–water partition coefficient (Wildman–Crippen LogP) is 3.32. The molecule has 0 aliphatic carbocycles. The molecule has 0 heterocycles. The Morgan fingerprint density at radius 3 is 2.73 bits per heavy atom. The first-order valence-electron chi connectivity index (χ1n) is 4.42. The molecule has 0 bridgehead atoms. The van der Waals surface area contributed by atoms with Crippen LogP contribution in [0.15, 0.2) is 30.3 Å². The molecule has 0 radical (unpaired) electrons. The molecular formula is C12H8INO. The van der Waals surface area contributed by atoms with Crippen LogP contribution in [0.5, 0.6) is 5.75 Å². The minimum Gasteiger partial charge on any atom is -0.496 e. The molecule has 3 heteroatoms. The molecule has 0 aliphatic rings. The van der Waals surface area contributed by atoms with Crippen molar-refractivity contribution in [3.8, 4) is 11.8 Å². The highest BCUT2D eigenvalue weighted by Gasteiger charge is 2.05. The van der Waals surface area contributed by atoms with Crippen LogP contribution in [0.2, 0.25) is 0 Å². The molecule has 0 fully saturated rings. The molecule has 74 valence electrons. The molecule has 0 saturated carbocycles. The Hall–Kier alpha value is -1.28. The molecule has 0 unspecified atom stereocenters. The quantitative estimate of drug-likeness (QED) is 0.757. The number of rotatable bonds is 1. The SMILES string of the molecule is COc1ccc2cc(C#N)ccc2c1I. The smallest absolute Gasteiger partial charge is 0.132 e. The fourth-order valence-electron chi connectivity index (χ4n) is 1.50. The number of halogens is 1. The van der Waals surface area contributed by atoms with Crippen LogP contribution in [0.25, 0.3) is 10.8 Å². The normalized spacial score (nSPS) is 9.93. The maximum absolute atomic E-state index is 8.79. The van der Waals surface area contributed by atoms with E-state index in [-0.39, 0.29) is 0 Å². The van der Waals surface area contributed by atoms with Gasteiger partial charge in [0.15, 0.2) is 0 Å². The van der Waals surface area contributed by atoms with Gasteiger partial charge in [-0.1, -0.05) is 12.1 Å². The van der Waals surface area contributed by atoms with E-state index in [1.807, 2.05) is 30.3 Å². The van der Waals surface area contributed by atoms with Crippen molar-refractivity contribution < 1.29 is 4.74 Å². The van der Waals surface area contributed by atoms with Gasteiger partial charge in [-0.3, -0.25) is 0 Å². The Balaban J connectivity index is 2.75. The first-order valence-corrected chi connectivity index (χ1v) is 5.50. The minimum absolute atomic E-state index is 0.684. The molecule has 2 rings (SSSR count). The van der Waals surface area contributed by atoms with Crippen LogP contribution in [-0.4, -0.2) is 7.11 Å². The first-order chi connectivity index (χ1) is 7.26. The number of fused-ring (bicyclic) bond motifs is 1. The fourth-order valence-corrected chi connectivity index (χ4v) is 2.39. The Kier molecular flexibility index (Phi) is 2.78. The highest BCUT2D eigenvalue weighted by Crippen LogP contribution is 2.29. The molecule has 0 spiro atoms. The van der Waals surface area contributed by atoms with Crippen molar-refractivity contribution in [2.24, 2.45) is 0 Å². The number of hydrogen-bond acceptors (Lipinski definition) is 2. The monoisotopic (exact) mass is 309 g/mol. The summed E-state index contributed by atoms with van der Waals surface area (Å²) < 4.78 is 6.32. The standard InChI is InChI=1S/C12H8INO/c1-15-11-5-3-9-6-8(7-14)2-4-10(9)12(11)13/h2-6H,1H3. The Labute approximate surface area is 102 Å². The lowest BCUT2D eigenvalue weighted by molar-refractivity contribution is 0.412. The summed E-state index contributed by atoms with van der Waals surface area (Å²) in [5.74, 6) is 0.868. The molecular weight excluding hydrogens is 301 g/mol. The number of hydrogen-bond donors (Lipinski definition) is 0. The van der Waals surface area contributed by atoms with Crippen LogP contribution >= 0.6 is 22.6 Å². The summed E-state index contributed by atoms with van der Waals surface area (Å²) in [7, 11) is 1.66. The number of methoxy groups -OCH3 is 1. The van der Waals surface area contributed by atoms with Gasteiger partial charge in [0, 0.05) is 0 Å². The number of ether oxygens (including phenoxy) is 1. The predicted molar refractivity (Wildman–Crippen MR) is 67.9 cm³/mol. The van der Waals surface area contributed by atoms with Gasteiger partial charge in [0.05, 0.1) is 22.3 Å². The second-order valence-electron chi connectivity index (χ2n) is 3.13. The lowest BCUT2D eigenvalue weighted by Gasteiger charge is -2.06. The topological polar surface area (TPSA) is 33.0 Å². The van der Waals surface area contributed by atoms with E-state index in [0.717, 1.165) is 20.1 Å². The van der Waals surface area contributed by atoms with Crippen molar-refractivity contribution in [2.75, 3.05) is 7.11 Å². The van der Waals surface area contributed by atoms with Gasteiger partial charge in [0.2, 0.25) is 0 Å². The summed E-state index contributed by atoms with van der Waals surface area (Å²) in [5, 5.41) is 11.0. The van der Waals surface area contributed by atoms with Gasteiger partial charge in [0.25, 0.3) is 0 Å². The van der Waals surface area contributed by atoms with E-state index >= 15 is 0 Å². The van der Waals surface area contributed by atoms with E-state index in [4.69, 9.17) is 10.00 Å². The van der Waals surface area contributed by atoms with Gasteiger partial charge < -0.3 is 4.74 Å². The van der Waals surface area contributed by atoms with E-state index in [9.17, 15) is 0 Å². The number of benzene rings is 2. The zero-order valence-corrected chi connectivity index (χ0v) is 10.3. The van der Waals surface area contributed by atoms with Crippen molar-refractivity contribution in [2.45, 2.75) is 0 Å². The van der Waals surface area contributed by atoms with E-state index in [0.29, 0.717) is 5.56 Å². The Morgan fingerprint density at radius 2 is 2.07 bits per heavy atom. The summed E-state index contributed by atoms with van der Waals surface area (Å²) in [4.78, 5) is 0. The van der Waals surface area contributed by atoms with E-state index in [1.165, 1.54) is 0 Å². The Bertz CT molecular complexity index is 557. The second kappa shape index (κ2) is 4.07. The Morgan fingerprint density at radius 1 is 1.27 bits per heavy atom. The van der Waals surface area contributed by atoms with Crippen molar-refractivity contribution in [3.63, 3.8) is 0 Å². The maximum Gasteiger partial charge on any atom is 0.132 e. The molecule has 0 aromatic heterocycles. The molecule has 0 atom stereocenters. The third kappa shape index (κ3) is 1.77. The largest absolute Gasteiger partial charge is 0.496 e. The fraction of sp³-hybridized carbons (Fsp3) is 0.0833. The minimum atomic E-state index is 0.684. The summed E-state index contributed by atoms with van der Waals surface area (Å²) >= 11 is 2.25. The van der Waals surface area contributed by atoms with Gasteiger partial charge >= 0.3 is 0 Å². The molecule has 0 saturated heterocycles. The zero-order chi connectivity index (χ0) is 10.8. The summed E-state index contributed by atoms with van der Waals surface area (Å²) in [5.41, 5.74) is 0.684. The van der Waals surface area contributed by atoms with Crippen molar-refractivity contribution >= 4 is 33.4 Å². The van der Waals surface area contributed by atoms with Crippen LogP contribution in [0.4, 0.5) is 0 Å². The molecule has 0 amide bonds. The highest BCUT2D eigenvalue weighted by molar-refractivity contribution is 14.1. The van der Waals surface area contributed by atoms with Crippen LogP contribution < -0.4 is 4.74 Å². The molecule has 0 aliphatic heterocycles. The van der Waals surface area contributed by atoms with Crippen molar-refractivity contribution in [1.82, 2.24) is 0 Å². The molecule has 2 aromatic rings. The van der Waals surface area contributed by atoms with E-state index < -0.39 is 0 Å². The third-order valence-corrected chi connectivity index (χ3v) is 3.38. The van der Waals surface area contributed by atoms with E-state index in [1.54, 1.807) is 7.11 Å². The van der Waals surface area contributed by atoms with Gasteiger partial charge in [-0.25, -0.2) is 0 Å². The van der Waals surface area contributed by atoms with Crippen LogP contribution in [0.3, 0.4) is 0 Å². The zero-order valence-electron chi connectivity index (χ0n) is 8.12. The number of nitriles is 1. The molecule has 15 heavy (non-hydrogen) atoms. The average Bonchev–Trinajstić information content (AvgIpc) is 2.29. The van der Waals surface area contributed by atoms with Gasteiger partial charge in [-0.15, -0.1) is 0 Å². The van der Waals surface area contributed by atoms with Crippen LogP contribution in [0.1, 0.15) is 5.56 Å². The third-order valence-electron chi connectivity index (χ3n) is 2.27. The van der Waals surface area contributed by atoms with Gasteiger partial charge in [-0.2, -0.15) is 5.26 Å². The average molecular weight is 309 g/mol. The van der Waals surface area contributed by atoms with Crippen LogP contribution in [-0.2, 0) is 0 Å². The first kappa shape index (κ1) is 10.2. The van der Waals surface area contributed by atoms with Gasteiger partial charge in [-0.05, 0) is 51.6 Å². The molecule has 2 nitrogen and oxygen atoms in total. The highest BCUT2D eigenvalue weighted by atomic mass is 127. The lowest BCUT2D eigenvalue weighted by Crippen LogP contribution is -1.88. The summed E-state index contributed by atoms with van der Waals surface area (Å²) in [6.45, 7) is 0. The second-order valence-corrected chi connectivity index (χ2v) is 4.21. The van der Waals surface area contributed by atoms with Crippen molar-refractivity contribution in [1.29, 1.82) is 5.26 Å². The summed E-state index contributed by atoms with van der Waals surface area (Å²) in [6, 6.07) is 11.7. The van der Waals surface area contributed by atoms with Gasteiger partial charge in [0.1, 0.15) is 5.75 Å². The molecule has 2 aromatic carbocycles. The maximum atomic E-state index is 8.79. The van der Waals surface area contributed by atoms with Crippen LogP contribution in [0, 0.1) is 14.9 Å². The molecule has 0 N–H and O–H groups in total. The van der Waals surface area contributed by atoms with E-state index in [2.05, 4.69) is 28.7 Å². The summed E-state index contributed by atoms with van der Waals surface area (Å²) in [6.07, 6.45) is 0. The number of nitrogens with zero attached hydrogens (tertiary/aromatic N) is 1. The lowest BCUT2D eigenvalue weighted by atomic mass is 10.1. The van der Waals surface area contributed by atoms with Crippen molar-refractivity contribution in [3.05, 3.63) is 39.5 Å².